The van der Waals surface area contributed by atoms with Gasteiger partial charge in [0.15, 0.2) is 0 Å². The first kappa shape index (κ1) is 14.3. The lowest BCUT2D eigenvalue weighted by molar-refractivity contribution is 0.204. The molecule has 0 saturated carbocycles. The second-order valence-electron chi connectivity index (χ2n) is 5.92. The van der Waals surface area contributed by atoms with Gasteiger partial charge in [-0.15, -0.1) is 0 Å². The number of nitrogens with one attached hydrogen (secondary N) is 2. The third-order valence-corrected chi connectivity index (χ3v) is 4.19. The minimum atomic E-state index is 0.878. The summed E-state index contributed by atoms with van der Waals surface area (Å²) in [6.45, 7) is 11.0. The standard InChI is InChI=1S/C14H30N4/c1-17-8-2-4-14(13-17)12-16-5-3-9-18-10-6-15-7-11-18/h14-16H,2-13H2,1H3. The summed E-state index contributed by atoms with van der Waals surface area (Å²) in [6.07, 6.45) is 4.08. The van der Waals surface area contributed by atoms with E-state index in [0.717, 1.165) is 5.92 Å². The van der Waals surface area contributed by atoms with Gasteiger partial charge >= 0.3 is 0 Å². The Balaban J connectivity index is 1.45. The fraction of sp³-hybridized carbons (Fsp3) is 1.00. The van der Waals surface area contributed by atoms with Gasteiger partial charge in [0.2, 0.25) is 0 Å². The normalized spacial score (nSPS) is 27.5. The molecule has 2 N–H and O–H groups in total. The van der Waals surface area contributed by atoms with Crippen molar-refractivity contribution in [1.82, 2.24) is 20.4 Å². The van der Waals surface area contributed by atoms with Crippen molar-refractivity contribution in [3.8, 4) is 0 Å². The van der Waals surface area contributed by atoms with E-state index in [2.05, 4.69) is 27.5 Å². The van der Waals surface area contributed by atoms with Crippen molar-refractivity contribution in [2.24, 2.45) is 5.92 Å². The Hall–Kier alpha value is -0.160. The number of rotatable bonds is 6. The van der Waals surface area contributed by atoms with Gasteiger partial charge in [-0.25, -0.2) is 0 Å². The SMILES string of the molecule is CN1CCCC(CNCCCN2CCNCC2)C1. The summed E-state index contributed by atoms with van der Waals surface area (Å²) >= 11 is 0. The summed E-state index contributed by atoms with van der Waals surface area (Å²) in [5, 5.41) is 7.05. The van der Waals surface area contributed by atoms with Crippen LogP contribution in [-0.2, 0) is 0 Å². The summed E-state index contributed by atoms with van der Waals surface area (Å²) in [6, 6.07) is 0. The largest absolute Gasteiger partial charge is 0.316 e. The second kappa shape index (κ2) is 8.10. The van der Waals surface area contributed by atoms with Gasteiger partial charge in [-0.2, -0.15) is 0 Å². The second-order valence-corrected chi connectivity index (χ2v) is 5.92. The van der Waals surface area contributed by atoms with Crippen LogP contribution in [0, 0.1) is 5.92 Å². The molecule has 1 unspecified atom stereocenters. The third kappa shape index (κ3) is 5.22. The van der Waals surface area contributed by atoms with Gasteiger partial charge in [-0.1, -0.05) is 0 Å². The van der Waals surface area contributed by atoms with E-state index in [0.29, 0.717) is 0 Å². The van der Waals surface area contributed by atoms with Crippen LogP contribution in [0.25, 0.3) is 0 Å². The van der Waals surface area contributed by atoms with Crippen LogP contribution in [0.3, 0.4) is 0 Å². The van der Waals surface area contributed by atoms with E-state index in [-0.39, 0.29) is 0 Å². The van der Waals surface area contributed by atoms with Crippen LogP contribution in [-0.4, -0.2) is 75.8 Å². The van der Waals surface area contributed by atoms with Crippen molar-refractivity contribution in [1.29, 1.82) is 0 Å². The molecule has 2 rings (SSSR count). The molecule has 0 aliphatic carbocycles. The van der Waals surface area contributed by atoms with Gasteiger partial charge in [-0.3, -0.25) is 0 Å². The lowest BCUT2D eigenvalue weighted by Crippen LogP contribution is -2.44. The number of nitrogens with zero attached hydrogens (tertiary/aromatic N) is 2. The molecule has 0 spiro atoms. The molecule has 0 amide bonds. The Morgan fingerprint density at radius 1 is 1.22 bits per heavy atom. The highest BCUT2D eigenvalue weighted by molar-refractivity contribution is 4.73. The Bertz CT molecular complexity index is 216. The molecule has 18 heavy (non-hydrogen) atoms. The van der Waals surface area contributed by atoms with E-state index in [1.807, 2.05) is 0 Å². The topological polar surface area (TPSA) is 30.5 Å². The van der Waals surface area contributed by atoms with Crippen molar-refractivity contribution in [2.45, 2.75) is 19.3 Å². The monoisotopic (exact) mass is 254 g/mol. The van der Waals surface area contributed by atoms with Crippen LogP contribution in [0.4, 0.5) is 0 Å². The minimum Gasteiger partial charge on any atom is -0.316 e. The van der Waals surface area contributed by atoms with Gasteiger partial charge in [0.1, 0.15) is 0 Å². The Morgan fingerprint density at radius 3 is 2.83 bits per heavy atom. The Labute approximate surface area is 112 Å². The molecule has 4 nitrogen and oxygen atoms in total. The molecule has 0 aromatic rings. The zero-order valence-corrected chi connectivity index (χ0v) is 12.0. The number of hydrogen-bond acceptors (Lipinski definition) is 4. The molecule has 2 saturated heterocycles. The van der Waals surface area contributed by atoms with Gasteiger partial charge in [0, 0.05) is 32.7 Å². The van der Waals surface area contributed by atoms with Gasteiger partial charge in [-0.05, 0) is 58.4 Å². The van der Waals surface area contributed by atoms with E-state index < -0.39 is 0 Å². The maximum absolute atomic E-state index is 3.65. The molecule has 2 fully saturated rings. The van der Waals surface area contributed by atoms with Crippen LogP contribution < -0.4 is 10.6 Å². The van der Waals surface area contributed by atoms with Crippen molar-refractivity contribution in [3.05, 3.63) is 0 Å². The van der Waals surface area contributed by atoms with Crippen LogP contribution in [0.2, 0.25) is 0 Å². The zero-order chi connectivity index (χ0) is 12.6. The molecule has 2 aliphatic rings. The predicted molar refractivity (Wildman–Crippen MR) is 77.0 cm³/mol. The summed E-state index contributed by atoms with van der Waals surface area (Å²) in [5.74, 6) is 0.878. The van der Waals surface area contributed by atoms with Gasteiger partial charge in [0.05, 0.1) is 0 Å². The van der Waals surface area contributed by atoms with Crippen molar-refractivity contribution < 1.29 is 0 Å². The first-order chi connectivity index (χ1) is 8.84. The molecule has 106 valence electrons. The lowest BCUT2D eigenvalue weighted by Gasteiger charge is -2.30. The molecule has 0 bridgehead atoms. The molecule has 1 atom stereocenters. The fourth-order valence-corrected chi connectivity index (χ4v) is 3.11. The predicted octanol–water partition coefficient (Wildman–Crippen LogP) is 0.213. The summed E-state index contributed by atoms with van der Waals surface area (Å²) in [7, 11) is 2.25. The average Bonchev–Trinajstić information content (AvgIpc) is 2.40. The maximum atomic E-state index is 3.65. The average molecular weight is 254 g/mol. The fourth-order valence-electron chi connectivity index (χ4n) is 3.11. The van der Waals surface area contributed by atoms with Crippen molar-refractivity contribution in [3.63, 3.8) is 0 Å². The first-order valence-electron chi connectivity index (χ1n) is 7.67. The number of hydrogen-bond donors (Lipinski definition) is 2. The minimum absolute atomic E-state index is 0.878. The quantitative estimate of drug-likeness (QED) is 0.664. The zero-order valence-electron chi connectivity index (χ0n) is 12.0. The van der Waals surface area contributed by atoms with Crippen molar-refractivity contribution in [2.75, 3.05) is 66.0 Å². The lowest BCUT2D eigenvalue weighted by atomic mass is 9.98. The third-order valence-electron chi connectivity index (χ3n) is 4.19. The van der Waals surface area contributed by atoms with E-state index in [4.69, 9.17) is 0 Å². The number of likely N-dealkylation sites (tertiary alicyclic amines) is 1. The Morgan fingerprint density at radius 2 is 2.06 bits per heavy atom. The van der Waals surface area contributed by atoms with E-state index in [1.54, 1.807) is 0 Å². The summed E-state index contributed by atoms with van der Waals surface area (Å²) in [4.78, 5) is 5.04. The highest BCUT2D eigenvalue weighted by Crippen LogP contribution is 2.13. The Kier molecular flexibility index (Phi) is 6.41. The van der Waals surface area contributed by atoms with Crippen molar-refractivity contribution >= 4 is 0 Å². The van der Waals surface area contributed by atoms with Crippen LogP contribution in [0.5, 0.6) is 0 Å². The highest BCUT2D eigenvalue weighted by atomic mass is 15.2. The van der Waals surface area contributed by atoms with Crippen LogP contribution in [0.1, 0.15) is 19.3 Å². The summed E-state index contributed by atoms with van der Waals surface area (Å²) in [5.41, 5.74) is 0. The van der Waals surface area contributed by atoms with Crippen LogP contribution >= 0.6 is 0 Å². The molecule has 2 heterocycles. The summed E-state index contributed by atoms with van der Waals surface area (Å²) < 4.78 is 0. The van der Waals surface area contributed by atoms with Crippen LogP contribution in [0.15, 0.2) is 0 Å². The smallest absolute Gasteiger partial charge is 0.0107 e. The molecule has 0 aromatic carbocycles. The van der Waals surface area contributed by atoms with Gasteiger partial charge < -0.3 is 20.4 Å². The number of piperazine rings is 1. The molecule has 0 radical (unpaired) electrons. The van der Waals surface area contributed by atoms with Gasteiger partial charge in [0.25, 0.3) is 0 Å². The number of piperidine rings is 1. The molecular formula is C14H30N4. The van der Waals surface area contributed by atoms with E-state index in [1.165, 1.54) is 78.2 Å². The first-order valence-corrected chi connectivity index (χ1v) is 7.67. The van der Waals surface area contributed by atoms with E-state index in [9.17, 15) is 0 Å². The van der Waals surface area contributed by atoms with E-state index >= 15 is 0 Å². The molecule has 2 aliphatic heterocycles. The maximum Gasteiger partial charge on any atom is 0.0107 e. The highest BCUT2D eigenvalue weighted by Gasteiger charge is 2.16. The molecule has 0 aromatic heterocycles. The molecule has 4 heteroatoms. The molecular weight excluding hydrogens is 224 g/mol.